The lowest BCUT2D eigenvalue weighted by Crippen LogP contribution is -2.21. The van der Waals surface area contributed by atoms with E-state index in [0.717, 1.165) is 22.9 Å². The van der Waals surface area contributed by atoms with E-state index in [4.69, 9.17) is 0 Å². The summed E-state index contributed by atoms with van der Waals surface area (Å²) >= 11 is 0. The largest absolute Gasteiger partial charge is 0.417 e. The van der Waals surface area contributed by atoms with Crippen LogP contribution in [-0.2, 0) is 27.5 Å². The lowest BCUT2D eigenvalue weighted by molar-refractivity contribution is -0.384. The number of anilines is 1. The number of alkyl halides is 3. The highest BCUT2D eigenvalue weighted by Gasteiger charge is 2.37. The van der Waals surface area contributed by atoms with E-state index >= 15 is 0 Å². The molecule has 3 aromatic rings. The number of sulfone groups is 1. The van der Waals surface area contributed by atoms with E-state index in [-0.39, 0.29) is 28.5 Å². The van der Waals surface area contributed by atoms with Gasteiger partial charge in [-0.2, -0.15) is 18.3 Å². The van der Waals surface area contributed by atoms with Crippen LogP contribution in [0.3, 0.4) is 0 Å². The number of rotatable bonds is 4. The van der Waals surface area contributed by atoms with Gasteiger partial charge in [-0.05, 0) is 24.3 Å². The molecule has 13 heteroatoms. The summed E-state index contributed by atoms with van der Waals surface area (Å²) in [6, 6.07) is 9.20. The number of fused-ring (bicyclic) bond motifs is 1. The molecule has 1 N–H and O–H groups in total. The first kappa shape index (κ1) is 21.5. The fourth-order valence-corrected chi connectivity index (χ4v) is 4.87. The number of nitrogens with one attached hydrogen (secondary N) is 1. The number of amides is 1. The van der Waals surface area contributed by atoms with Gasteiger partial charge in [0.2, 0.25) is 0 Å². The van der Waals surface area contributed by atoms with Gasteiger partial charge in [0.15, 0.2) is 9.84 Å². The molecule has 1 aliphatic heterocycles. The Morgan fingerprint density at radius 2 is 1.75 bits per heavy atom. The summed E-state index contributed by atoms with van der Waals surface area (Å²) in [5, 5.41) is 17.4. The van der Waals surface area contributed by atoms with Crippen molar-refractivity contribution in [3.63, 3.8) is 0 Å². The molecule has 166 valence electrons. The lowest BCUT2D eigenvalue weighted by Gasteiger charge is -2.14. The SMILES string of the molecule is O=C(Nc1c2c(nn1-c1ccc([N+](=O)[O-])cc1)CS(=O)(=O)C2)c1ccccc1C(F)(F)F. The van der Waals surface area contributed by atoms with Gasteiger partial charge in [0.05, 0.1) is 38.9 Å². The van der Waals surface area contributed by atoms with Gasteiger partial charge in [0, 0.05) is 17.7 Å². The number of nitro groups is 1. The number of non-ortho nitro benzene ring substituents is 1. The van der Waals surface area contributed by atoms with E-state index in [1.165, 1.54) is 30.3 Å². The molecule has 0 saturated heterocycles. The van der Waals surface area contributed by atoms with Crippen LogP contribution in [0.5, 0.6) is 0 Å². The third kappa shape index (κ3) is 3.93. The summed E-state index contributed by atoms with van der Waals surface area (Å²) in [4.78, 5) is 23.0. The topological polar surface area (TPSA) is 124 Å². The van der Waals surface area contributed by atoms with Gasteiger partial charge in [0.1, 0.15) is 5.82 Å². The molecular weight excluding hydrogens is 453 g/mol. The van der Waals surface area contributed by atoms with E-state index in [1.807, 2.05) is 0 Å². The Balaban J connectivity index is 1.79. The molecule has 2 heterocycles. The maximum atomic E-state index is 13.3. The molecule has 0 fully saturated rings. The number of aromatic nitrogens is 2. The van der Waals surface area contributed by atoms with Gasteiger partial charge < -0.3 is 5.32 Å². The molecule has 1 aliphatic rings. The van der Waals surface area contributed by atoms with Crippen LogP contribution in [0.15, 0.2) is 48.5 Å². The highest BCUT2D eigenvalue weighted by Crippen LogP contribution is 2.35. The number of carbonyl (C=O) groups is 1. The molecule has 0 spiro atoms. The van der Waals surface area contributed by atoms with E-state index in [9.17, 15) is 36.5 Å². The van der Waals surface area contributed by atoms with Crippen LogP contribution in [-0.4, -0.2) is 29.0 Å². The normalized spacial score (nSPS) is 14.7. The highest BCUT2D eigenvalue weighted by molar-refractivity contribution is 7.90. The Kier molecular flexibility index (Phi) is 5.00. The Bertz CT molecular complexity index is 1350. The predicted molar refractivity (Wildman–Crippen MR) is 106 cm³/mol. The van der Waals surface area contributed by atoms with Crippen LogP contribution in [0, 0.1) is 10.1 Å². The number of hydrogen-bond donors (Lipinski definition) is 1. The molecule has 9 nitrogen and oxygen atoms in total. The minimum absolute atomic E-state index is 0.114. The molecule has 0 radical (unpaired) electrons. The van der Waals surface area contributed by atoms with Crippen LogP contribution in [0.4, 0.5) is 24.7 Å². The maximum absolute atomic E-state index is 13.3. The highest BCUT2D eigenvalue weighted by atomic mass is 32.2. The molecule has 0 bridgehead atoms. The van der Waals surface area contributed by atoms with Crippen molar-refractivity contribution in [2.75, 3.05) is 5.32 Å². The summed E-state index contributed by atoms with van der Waals surface area (Å²) in [6.07, 6.45) is -4.78. The number of hydrogen-bond acceptors (Lipinski definition) is 6. The van der Waals surface area contributed by atoms with E-state index in [2.05, 4.69) is 10.4 Å². The van der Waals surface area contributed by atoms with Gasteiger partial charge in [-0.3, -0.25) is 14.9 Å². The van der Waals surface area contributed by atoms with E-state index in [0.29, 0.717) is 0 Å². The zero-order valence-corrected chi connectivity index (χ0v) is 16.8. The number of carbonyl (C=O) groups excluding carboxylic acids is 1. The number of halogens is 3. The zero-order chi connectivity index (χ0) is 23.3. The van der Waals surface area contributed by atoms with Gasteiger partial charge in [0.25, 0.3) is 11.6 Å². The van der Waals surface area contributed by atoms with Crippen molar-refractivity contribution in [2.24, 2.45) is 0 Å². The smallest absolute Gasteiger partial charge is 0.306 e. The molecule has 2 aromatic carbocycles. The maximum Gasteiger partial charge on any atom is 0.417 e. The van der Waals surface area contributed by atoms with Crippen molar-refractivity contribution < 1.29 is 31.3 Å². The van der Waals surface area contributed by atoms with Crippen molar-refractivity contribution in [1.82, 2.24) is 9.78 Å². The van der Waals surface area contributed by atoms with E-state index < -0.39 is 49.5 Å². The summed E-state index contributed by atoms with van der Waals surface area (Å²) in [7, 11) is -3.53. The minimum Gasteiger partial charge on any atom is -0.306 e. The summed E-state index contributed by atoms with van der Waals surface area (Å²) < 4.78 is 65.2. The first-order valence-electron chi connectivity index (χ1n) is 9.00. The van der Waals surface area contributed by atoms with Crippen LogP contribution in [0.1, 0.15) is 27.2 Å². The van der Waals surface area contributed by atoms with Crippen molar-refractivity contribution in [2.45, 2.75) is 17.7 Å². The fraction of sp³-hybridized carbons (Fsp3) is 0.158. The molecule has 1 amide bonds. The molecule has 32 heavy (non-hydrogen) atoms. The molecule has 0 unspecified atom stereocenters. The van der Waals surface area contributed by atoms with Crippen LogP contribution in [0.2, 0.25) is 0 Å². The van der Waals surface area contributed by atoms with Crippen molar-refractivity contribution in [3.05, 3.63) is 81.0 Å². The first-order chi connectivity index (χ1) is 15.0. The average molecular weight is 466 g/mol. The van der Waals surface area contributed by atoms with Crippen molar-refractivity contribution in [3.8, 4) is 5.69 Å². The summed E-state index contributed by atoms with van der Waals surface area (Å²) in [6.45, 7) is 0. The molecule has 0 aliphatic carbocycles. The molecular formula is C19H13F3N4O5S. The Labute approximate surface area is 178 Å². The van der Waals surface area contributed by atoms with Gasteiger partial charge in [-0.15, -0.1) is 0 Å². The monoisotopic (exact) mass is 466 g/mol. The Morgan fingerprint density at radius 3 is 2.38 bits per heavy atom. The number of benzene rings is 2. The van der Waals surface area contributed by atoms with Crippen molar-refractivity contribution in [1.29, 1.82) is 0 Å². The quantitative estimate of drug-likeness (QED) is 0.464. The second-order valence-corrected chi connectivity index (χ2v) is 9.05. The van der Waals surface area contributed by atoms with Crippen LogP contribution >= 0.6 is 0 Å². The molecule has 0 atom stereocenters. The van der Waals surface area contributed by atoms with Crippen molar-refractivity contribution >= 4 is 27.2 Å². The standard InChI is InChI=1S/C19H13F3N4O5S/c20-19(21,22)15-4-2-1-3-13(15)18(27)23-17-14-9-32(30,31)10-16(14)24-25(17)11-5-7-12(8-6-11)26(28)29/h1-8H,9-10H2,(H,23,27). The zero-order valence-electron chi connectivity index (χ0n) is 16.0. The van der Waals surface area contributed by atoms with Gasteiger partial charge >= 0.3 is 6.18 Å². The Hall–Kier alpha value is -3.74. The van der Waals surface area contributed by atoms with Gasteiger partial charge in [-0.1, -0.05) is 12.1 Å². The third-order valence-electron chi connectivity index (χ3n) is 4.80. The second-order valence-electron chi connectivity index (χ2n) is 6.99. The van der Waals surface area contributed by atoms with Gasteiger partial charge in [-0.25, -0.2) is 13.1 Å². The summed E-state index contributed by atoms with van der Waals surface area (Å²) in [5.74, 6) is -2.07. The first-order valence-corrected chi connectivity index (χ1v) is 10.8. The molecule has 1 aromatic heterocycles. The van der Waals surface area contributed by atoms with Crippen LogP contribution < -0.4 is 5.32 Å². The second kappa shape index (κ2) is 7.44. The van der Waals surface area contributed by atoms with Crippen LogP contribution in [0.25, 0.3) is 5.69 Å². The third-order valence-corrected chi connectivity index (χ3v) is 6.24. The summed E-state index contributed by atoms with van der Waals surface area (Å²) in [5.41, 5.74) is -1.46. The lowest BCUT2D eigenvalue weighted by atomic mass is 10.1. The number of nitro benzene ring substituents is 1. The van der Waals surface area contributed by atoms with E-state index in [1.54, 1.807) is 0 Å². The fourth-order valence-electron chi connectivity index (χ4n) is 3.38. The molecule has 4 rings (SSSR count). The molecule has 0 saturated carbocycles. The predicted octanol–water partition coefficient (Wildman–Crippen LogP) is 3.48. The average Bonchev–Trinajstić information content (AvgIpc) is 3.19. The minimum atomic E-state index is -4.78. The Morgan fingerprint density at radius 1 is 1.09 bits per heavy atom. The number of nitrogens with zero attached hydrogens (tertiary/aromatic N) is 3.